The third kappa shape index (κ3) is 4.26. The molecule has 0 amide bonds. The molecule has 1 rings (SSSR count). The lowest BCUT2D eigenvalue weighted by atomic mass is 10.1. The van der Waals surface area contributed by atoms with Crippen LogP contribution >= 0.6 is 0 Å². The van der Waals surface area contributed by atoms with E-state index >= 15 is 0 Å². The van der Waals surface area contributed by atoms with Gasteiger partial charge in [0, 0.05) is 19.9 Å². The third-order valence-electron chi connectivity index (χ3n) is 1.73. The van der Waals surface area contributed by atoms with Gasteiger partial charge in [-0.25, -0.2) is 0 Å². The summed E-state index contributed by atoms with van der Waals surface area (Å²) in [6.07, 6.45) is 1.90. The van der Waals surface area contributed by atoms with Crippen molar-refractivity contribution in [1.29, 1.82) is 0 Å². The number of hydrogen-bond acceptors (Lipinski definition) is 3. The minimum Gasteiger partial charge on any atom is -0.520 e. The van der Waals surface area contributed by atoms with Gasteiger partial charge >= 0.3 is 0 Å². The summed E-state index contributed by atoms with van der Waals surface area (Å²) in [5.41, 5.74) is -0.337. The zero-order valence-electron chi connectivity index (χ0n) is 10.8. The van der Waals surface area contributed by atoms with Gasteiger partial charge in [-0.2, -0.15) is 0 Å². The summed E-state index contributed by atoms with van der Waals surface area (Å²) in [5, 5.41) is 0. The van der Waals surface area contributed by atoms with Crippen LogP contribution in [-0.4, -0.2) is 19.7 Å². The van der Waals surface area contributed by atoms with E-state index < -0.39 is 14.1 Å². The van der Waals surface area contributed by atoms with E-state index in [-0.39, 0.29) is 5.60 Å². The maximum absolute atomic E-state index is 5.85. The van der Waals surface area contributed by atoms with Crippen molar-refractivity contribution in [2.45, 2.75) is 58.7 Å². The molecule has 0 atom stereocenters. The minimum atomic E-state index is -1.62. The molecule has 88 valence electrons. The highest BCUT2D eigenvalue weighted by Crippen LogP contribution is 2.32. The standard InChI is InChI=1S/C11H22O3Si/c1-10(2)8-9(13-15(5,6)7)12-11(3,4)14-10/h8H,1-7H3. The molecule has 0 aromatic heterocycles. The maximum Gasteiger partial charge on any atom is 0.266 e. The van der Waals surface area contributed by atoms with Crippen LogP contribution in [0.25, 0.3) is 0 Å². The lowest BCUT2D eigenvalue weighted by Crippen LogP contribution is -2.43. The van der Waals surface area contributed by atoms with Crippen LogP contribution < -0.4 is 0 Å². The molecular weight excluding hydrogens is 208 g/mol. The Hall–Kier alpha value is -0.483. The Balaban J connectivity index is 2.85. The highest BCUT2D eigenvalue weighted by atomic mass is 28.4. The predicted molar refractivity (Wildman–Crippen MR) is 62.8 cm³/mol. The fourth-order valence-corrected chi connectivity index (χ4v) is 2.30. The average molecular weight is 230 g/mol. The largest absolute Gasteiger partial charge is 0.520 e. The smallest absolute Gasteiger partial charge is 0.266 e. The van der Waals surface area contributed by atoms with E-state index in [9.17, 15) is 0 Å². The lowest BCUT2D eigenvalue weighted by Gasteiger charge is -2.40. The van der Waals surface area contributed by atoms with E-state index in [1.54, 1.807) is 0 Å². The Labute approximate surface area is 93.5 Å². The van der Waals surface area contributed by atoms with Gasteiger partial charge < -0.3 is 13.9 Å². The first-order chi connectivity index (χ1) is 6.49. The molecule has 0 bridgehead atoms. The monoisotopic (exact) mass is 230 g/mol. The molecule has 0 unspecified atom stereocenters. The molecule has 1 aliphatic rings. The van der Waals surface area contributed by atoms with Crippen LogP contribution in [0.5, 0.6) is 0 Å². The summed E-state index contributed by atoms with van der Waals surface area (Å²) < 4.78 is 17.2. The number of ether oxygens (including phenoxy) is 2. The lowest BCUT2D eigenvalue weighted by molar-refractivity contribution is -0.263. The van der Waals surface area contributed by atoms with E-state index in [2.05, 4.69) is 19.6 Å². The Bertz CT molecular complexity index is 274. The molecule has 0 N–H and O–H groups in total. The van der Waals surface area contributed by atoms with E-state index in [1.165, 1.54) is 0 Å². The van der Waals surface area contributed by atoms with Crippen molar-refractivity contribution in [1.82, 2.24) is 0 Å². The zero-order valence-corrected chi connectivity index (χ0v) is 11.8. The van der Waals surface area contributed by atoms with Crippen LogP contribution in [0.3, 0.4) is 0 Å². The molecular formula is C11H22O3Si. The summed E-state index contributed by atoms with van der Waals surface area (Å²) in [6.45, 7) is 14.2. The molecule has 4 heteroatoms. The van der Waals surface area contributed by atoms with Gasteiger partial charge in [0.2, 0.25) is 14.1 Å². The molecule has 0 aliphatic carbocycles. The normalized spacial score (nSPS) is 24.1. The SMILES string of the molecule is CC1(C)C=C(O[Si](C)(C)C)OC(C)(C)O1. The van der Waals surface area contributed by atoms with Crippen LogP contribution in [-0.2, 0) is 13.9 Å². The van der Waals surface area contributed by atoms with E-state index in [4.69, 9.17) is 13.9 Å². The topological polar surface area (TPSA) is 27.7 Å². The van der Waals surface area contributed by atoms with E-state index in [1.807, 2.05) is 33.8 Å². The van der Waals surface area contributed by atoms with Crippen LogP contribution in [0.15, 0.2) is 12.0 Å². The van der Waals surface area contributed by atoms with Gasteiger partial charge in [-0.05, 0) is 33.5 Å². The Morgan fingerprint density at radius 3 is 2.07 bits per heavy atom. The van der Waals surface area contributed by atoms with Crippen molar-refractivity contribution < 1.29 is 13.9 Å². The summed E-state index contributed by atoms with van der Waals surface area (Å²) in [7, 11) is -1.62. The highest BCUT2D eigenvalue weighted by molar-refractivity contribution is 6.70. The number of hydrogen-bond donors (Lipinski definition) is 0. The summed E-state index contributed by atoms with van der Waals surface area (Å²) in [5.74, 6) is -0.0110. The van der Waals surface area contributed by atoms with Gasteiger partial charge in [0.15, 0.2) is 0 Å². The summed E-state index contributed by atoms with van der Waals surface area (Å²) in [4.78, 5) is 0. The highest BCUT2D eigenvalue weighted by Gasteiger charge is 2.37. The van der Waals surface area contributed by atoms with Crippen molar-refractivity contribution >= 4 is 8.32 Å². The third-order valence-corrected chi connectivity index (χ3v) is 2.54. The first kappa shape index (κ1) is 12.6. The molecule has 0 aromatic carbocycles. The van der Waals surface area contributed by atoms with Crippen LogP contribution in [0.2, 0.25) is 19.6 Å². The van der Waals surface area contributed by atoms with Crippen molar-refractivity contribution in [2.24, 2.45) is 0 Å². The molecule has 0 saturated carbocycles. The second-order valence-corrected chi connectivity index (χ2v) is 10.3. The fraction of sp³-hybridized carbons (Fsp3) is 0.818. The van der Waals surface area contributed by atoms with Crippen molar-refractivity contribution in [3.8, 4) is 0 Å². The first-order valence-corrected chi connectivity index (χ1v) is 8.71. The number of rotatable bonds is 2. The van der Waals surface area contributed by atoms with Gasteiger partial charge in [0.25, 0.3) is 5.95 Å². The van der Waals surface area contributed by atoms with E-state index in [0.717, 1.165) is 0 Å². The molecule has 0 saturated heterocycles. The fourth-order valence-electron chi connectivity index (χ4n) is 1.59. The molecule has 0 radical (unpaired) electrons. The molecule has 1 aliphatic heterocycles. The van der Waals surface area contributed by atoms with Crippen LogP contribution in [0.1, 0.15) is 27.7 Å². The van der Waals surface area contributed by atoms with Gasteiger partial charge in [0.05, 0.1) is 5.60 Å². The second kappa shape index (κ2) is 3.52. The van der Waals surface area contributed by atoms with Crippen molar-refractivity contribution in [3.63, 3.8) is 0 Å². The molecule has 0 aromatic rings. The zero-order chi connectivity index (χ0) is 11.9. The summed E-state index contributed by atoms with van der Waals surface area (Å²) >= 11 is 0. The Morgan fingerprint density at radius 1 is 1.13 bits per heavy atom. The molecule has 0 spiro atoms. The first-order valence-electron chi connectivity index (χ1n) is 5.30. The van der Waals surface area contributed by atoms with Gasteiger partial charge in [-0.15, -0.1) is 0 Å². The Morgan fingerprint density at radius 2 is 1.67 bits per heavy atom. The molecule has 0 fully saturated rings. The minimum absolute atomic E-state index is 0.337. The van der Waals surface area contributed by atoms with Crippen LogP contribution in [0, 0.1) is 0 Å². The van der Waals surface area contributed by atoms with Crippen LogP contribution in [0.4, 0.5) is 0 Å². The van der Waals surface area contributed by atoms with Crippen molar-refractivity contribution in [2.75, 3.05) is 0 Å². The quantitative estimate of drug-likeness (QED) is 0.682. The molecule has 3 nitrogen and oxygen atoms in total. The van der Waals surface area contributed by atoms with E-state index in [0.29, 0.717) is 5.95 Å². The average Bonchev–Trinajstić information content (AvgIpc) is 1.70. The predicted octanol–water partition coefficient (Wildman–Crippen LogP) is 3.24. The molecule has 1 heterocycles. The van der Waals surface area contributed by atoms with Gasteiger partial charge in [0.1, 0.15) is 0 Å². The Kier molecular flexibility index (Phi) is 2.96. The second-order valence-electron chi connectivity index (χ2n) is 5.89. The van der Waals surface area contributed by atoms with Gasteiger partial charge in [-0.3, -0.25) is 0 Å². The summed E-state index contributed by atoms with van der Waals surface area (Å²) in [6, 6.07) is 0. The maximum atomic E-state index is 5.85. The van der Waals surface area contributed by atoms with Gasteiger partial charge in [-0.1, -0.05) is 0 Å². The molecule has 15 heavy (non-hydrogen) atoms. The van der Waals surface area contributed by atoms with Crippen molar-refractivity contribution in [3.05, 3.63) is 12.0 Å².